The van der Waals surface area contributed by atoms with Crippen LogP contribution < -0.4 is 5.32 Å². The van der Waals surface area contributed by atoms with Gasteiger partial charge in [-0.3, -0.25) is 13.9 Å². The van der Waals surface area contributed by atoms with E-state index in [0.717, 1.165) is 10.9 Å². The van der Waals surface area contributed by atoms with Crippen LogP contribution in [0.2, 0.25) is 0 Å². The predicted octanol–water partition coefficient (Wildman–Crippen LogP) is 5.83. The molecule has 1 fully saturated rings. The van der Waals surface area contributed by atoms with E-state index in [9.17, 15) is 22.7 Å². The molecule has 1 atom stereocenters. The largest absolute Gasteiger partial charge is 0.348 e. The van der Waals surface area contributed by atoms with Crippen molar-refractivity contribution in [3.05, 3.63) is 90.1 Å². The van der Waals surface area contributed by atoms with Gasteiger partial charge in [-0.05, 0) is 60.5 Å². The van der Waals surface area contributed by atoms with Crippen LogP contribution in [0.4, 0.5) is 8.78 Å². The molecule has 8 heteroatoms. The molecule has 0 saturated carbocycles. The number of amides is 1. The topological polar surface area (TPSA) is 74.5 Å². The molecule has 3 aromatic carbocycles. The van der Waals surface area contributed by atoms with Crippen LogP contribution >= 0.6 is 10.6 Å². The molecule has 0 radical (unpaired) electrons. The summed E-state index contributed by atoms with van der Waals surface area (Å²) in [5.41, 5.74) is 3.30. The van der Waals surface area contributed by atoms with Crippen LogP contribution in [0.25, 0.3) is 27.7 Å². The molecule has 1 saturated heterocycles. The highest BCUT2D eigenvalue weighted by molar-refractivity contribution is 8.24. The van der Waals surface area contributed by atoms with Crippen LogP contribution in [0, 0.1) is 11.6 Å². The number of halogens is 2. The number of rotatable bonds is 4. The normalized spacial score (nSPS) is 18.4. The molecule has 1 unspecified atom stereocenters. The van der Waals surface area contributed by atoms with Gasteiger partial charge in [0, 0.05) is 40.2 Å². The number of hydrogen-bond acceptors (Lipinski definition) is 3. The summed E-state index contributed by atoms with van der Waals surface area (Å²) in [5.74, 6) is -0.562. The molecular weight excluding hydrogens is 446 g/mol. The van der Waals surface area contributed by atoms with E-state index < -0.39 is 10.6 Å². The van der Waals surface area contributed by atoms with Crippen molar-refractivity contribution in [2.45, 2.75) is 12.5 Å². The maximum absolute atomic E-state index is 13.9. The van der Waals surface area contributed by atoms with Gasteiger partial charge in [0.15, 0.2) is 0 Å². The Hall–Kier alpha value is -3.20. The summed E-state index contributed by atoms with van der Waals surface area (Å²) in [5, 5.41) is 3.70. The quantitative estimate of drug-likeness (QED) is 0.353. The van der Waals surface area contributed by atoms with Crippen LogP contribution in [-0.2, 0) is 0 Å². The van der Waals surface area contributed by atoms with Crippen molar-refractivity contribution >= 4 is 27.4 Å². The Labute approximate surface area is 191 Å². The van der Waals surface area contributed by atoms with Crippen LogP contribution in [0.3, 0.4) is 0 Å². The maximum atomic E-state index is 13.9. The Morgan fingerprint density at radius 2 is 1.79 bits per heavy atom. The van der Waals surface area contributed by atoms with Crippen molar-refractivity contribution < 1.29 is 22.7 Å². The van der Waals surface area contributed by atoms with Crippen LogP contribution in [-0.4, -0.2) is 37.1 Å². The van der Waals surface area contributed by atoms with Gasteiger partial charge in [-0.2, -0.15) is 10.6 Å². The van der Waals surface area contributed by atoms with Crippen molar-refractivity contribution in [2.24, 2.45) is 0 Å². The molecule has 1 amide bonds. The van der Waals surface area contributed by atoms with E-state index in [0.29, 0.717) is 34.5 Å². The van der Waals surface area contributed by atoms with E-state index in [-0.39, 0.29) is 29.3 Å². The second kappa shape index (κ2) is 8.30. The van der Waals surface area contributed by atoms with E-state index >= 15 is 0 Å². The maximum Gasteiger partial charge on any atom is 0.251 e. The molecule has 5 nitrogen and oxygen atoms in total. The average Bonchev–Trinajstić information content (AvgIpc) is 3.33. The summed E-state index contributed by atoms with van der Waals surface area (Å²) in [6, 6.07) is 17.2. The lowest BCUT2D eigenvalue weighted by molar-refractivity contribution is 0.0941. The van der Waals surface area contributed by atoms with E-state index in [1.165, 1.54) is 24.3 Å². The standard InChI is InChI=1S/C25H22F2N2O3S/c26-18-5-7-21(8-6-18)29-14-23(16-2-1-3-19(27)12-16)22-9-4-17(13-24(22)29)25(30)28-20-10-11-33(31,32)15-20/h1-9,12-14,20,31-32H,10-11,15H2,(H,28,30). The number of fused-ring (bicyclic) bond motifs is 1. The lowest BCUT2D eigenvalue weighted by atomic mass is 10.0. The monoisotopic (exact) mass is 468 g/mol. The Balaban J connectivity index is 1.58. The van der Waals surface area contributed by atoms with Crippen molar-refractivity contribution in [3.8, 4) is 16.8 Å². The molecule has 33 heavy (non-hydrogen) atoms. The van der Waals surface area contributed by atoms with Gasteiger partial charge in [-0.25, -0.2) is 8.78 Å². The zero-order valence-corrected chi connectivity index (χ0v) is 18.4. The summed E-state index contributed by atoms with van der Waals surface area (Å²) < 4.78 is 48.9. The number of hydrogen-bond donors (Lipinski definition) is 3. The minimum absolute atomic E-state index is 0.163. The van der Waals surface area contributed by atoms with Gasteiger partial charge in [0.25, 0.3) is 5.91 Å². The highest BCUT2D eigenvalue weighted by atomic mass is 32.3. The van der Waals surface area contributed by atoms with Gasteiger partial charge in [0.1, 0.15) is 11.6 Å². The average molecular weight is 469 g/mol. The molecule has 0 bridgehead atoms. The molecule has 1 aliphatic rings. The first-order chi connectivity index (χ1) is 15.8. The molecule has 1 aliphatic heterocycles. The van der Waals surface area contributed by atoms with E-state index in [2.05, 4.69) is 5.32 Å². The summed E-state index contributed by atoms with van der Waals surface area (Å²) in [6.07, 6.45) is 2.37. The van der Waals surface area contributed by atoms with Gasteiger partial charge in [-0.1, -0.05) is 18.2 Å². The zero-order valence-electron chi connectivity index (χ0n) is 17.5. The number of carbonyl (C=O) groups excluding carboxylic acids is 1. The van der Waals surface area contributed by atoms with E-state index in [1.54, 1.807) is 30.3 Å². The minimum atomic E-state index is -2.62. The number of benzene rings is 3. The Kier molecular flexibility index (Phi) is 5.44. The van der Waals surface area contributed by atoms with Crippen molar-refractivity contribution in [1.82, 2.24) is 9.88 Å². The summed E-state index contributed by atoms with van der Waals surface area (Å²) in [7, 11) is -2.62. The Morgan fingerprint density at radius 1 is 1.00 bits per heavy atom. The molecule has 5 rings (SSSR count). The third-order valence-corrected chi connectivity index (χ3v) is 7.73. The lowest BCUT2D eigenvalue weighted by Gasteiger charge is -2.26. The van der Waals surface area contributed by atoms with Crippen molar-refractivity contribution in [1.29, 1.82) is 0 Å². The molecule has 0 aliphatic carbocycles. The lowest BCUT2D eigenvalue weighted by Crippen LogP contribution is -2.35. The molecule has 0 spiro atoms. The predicted molar refractivity (Wildman–Crippen MR) is 127 cm³/mol. The number of carbonyl (C=O) groups is 1. The van der Waals surface area contributed by atoms with Gasteiger partial charge >= 0.3 is 0 Å². The highest BCUT2D eigenvalue weighted by Crippen LogP contribution is 2.45. The van der Waals surface area contributed by atoms with Crippen LogP contribution in [0.15, 0.2) is 72.9 Å². The summed E-state index contributed by atoms with van der Waals surface area (Å²) in [4.78, 5) is 12.9. The van der Waals surface area contributed by atoms with Crippen molar-refractivity contribution in [3.63, 3.8) is 0 Å². The SMILES string of the molecule is O=C(NC1CCS(O)(O)C1)c1ccc2c(-c3cccc(F)c3)cn(-c3ccc(F)cc3)c2c1. The smallest absolute Gasteiger partial charge is 0.251 e. The highest BCUT2D eigenvalue weighted by Gasteiger charge is 2.29. The minimum Gasteiger partial charge on any atom is -0.348 e. The fourth-order valence-electron chi connectivity index (χ4n) is 4.27. The van der Waals surface area contributed by atoms with Gasteiger partial charge in [-0.15, -0.1) is 0 Å². The zero-order chi connectivity index (χ0) is 23.2. The summed E-state index contributed by atoms with van der Waals surface area (Å²) >= 11 is 0. The second-order valence-corrected chi connectivity index (χ2v) is 10.6. The molecule has 2 heterocycles. The molecular formula is C25H22F2N2O3S. The van der Waals surface area contributed by atoms with Crippen molar-refractivity contribution in [2.75, 3.05) is 11.5 Å². The number of nitrogens with zero attached hydrogens (tertiary/aromatic N) is 1. The number of aromatic nitrogens is 1. The van der Waals surface area contributed by atoms with E-state index in [1.807, 2.05) is 22.9 Å². The summed E-state index contributed by atoms with van der Waals surface area (Å²) in [6.45, 7) is 0. The fourth-order valence-corrected chi connectivity index (χ4v) is 6.00. The fraction of sp³-hybridized carbons (Fsp3) is 0.160. The third kappa shape index (κ3) is 4.37. The van der Waals surface area contributed by atoms with Crippen LogP contribution in [0.1, 0.15) is 16.8 Å². The van der Waals surface area contributed by atoms with Crippen LogP contribution in [0.5, 0.6) is 0 Å². The first-order valence-corrected chi connectivity index (χ1v) is 12.4. The molecule has 4 aromatic rings. The Bertz CT molecular complexity index is 1350. The molecule has 1 aromatic heterocycles. The van der Waals surface area contributed by atoms with Gasteiger partial charge < -0.3 is 9.88 Å². The van der Waals surface area contributed by atoms with E-state index in [4.69, 9.17) is 0 Å². The Morgan fingerprint density at radius 3 is 2.48 bits per heavy atom. The molecule has 3 N–H and O–H groups in total. The first kappa shape index (κ1) is 21.6. The van der Waals surface area contributed by atoms with Gasteiger partial charge in [0.05, 0.1) is 11.3 Å². The number of nitrogens with one attached hydrogen (secondary N) is 1. The second-order valence-electron chi connectivity index (χ2n) is 8.26. The van der Waals surface area contributed by atoms with Gasteiger partial charge in [0.2, 0.25) is 0 Å². The molecule has 170 valence electrons. The third-order valence-electron chi connectivity index (χ3n) is 5.90. The first-order valence-electron chi connectivity index (χ1n) is 10.5.